The molecule has 2 aromatic rings. The van der Waals surface area contributed by atoms with E-state index in [0.717, 1.165) is 0 Å². The number of aromatic amines is 1. The van der Waals surface area contributed by atoms with Crippen molar-refractivity contribution in [1.82, 2.24) is 25.2 Å². The summed E-state index contributed by atoms with van der Waals surface area (Å²) in [4.78, 5) is 14.4. The van der Waals surface area contributed by atoms with E-state index in [1.807, 2.05) is 0 Å². The average Bonchev–Trinajstić information content (AvgIpc) is 2.85. The van der Waals surface area contributed by atoms with Gasteiger partial charge >= 0.3 is 0 Å². The summed E-state index contributed by atoms with van der Waals surface area (Å²) >= 11 is 1.32. The van der Waals surface area contributed by atoms with Gasteiger partial charge in [0.1, 0.15) is 0 Å². The normalized spacial score (nSPS) is 10.5. The topological polar surface area (TPSA) is 76.5 Å². The molecule has 0 saturated heterocycles. The van der Waals surface area contributed by atoms with E-state index in [1.54, 1.807) is 25.4 Å². The first-order chi connectivity index (χ1) is 7.27. The van der Waals surface area contributed by atoms with Gasteiger partial charge in [-0.1, -0.05) is 11.8 Å². The molecule has 0 bridgehead atoms. The summed E-state index contributed by atoms with van der Waals surface area (Å²) in [5.41, 5.74) is 0.609. The molecule has 0 fully saturated rings. The van der Waals surface area contributed by atoms with Crippen LogP contribution in [0.15, 0.2) is 23.5 Å². The number of carbonyl (C=O) groups is 1. The fraction of sp³-hybridized carbons (Fsp3) is 0.250. The monoisotopic (exact) mass is 223 g/mol. The fourth-order valence-corrected chi connectivity index (χ4v) is 1.79. The number of thioether (sulfide) groups is 1. The maximum atomic E-state index is 11.6. The number of hydrogen-bond acceptors (Lipinski definition) is 5. The quantitative estimate of drug-likeness (QED) is 0.603. The van der Waals surface area contributed by atoms with Gasteiger partial charge in [-0.25, -0.2) is 4.68 Å². The predicted molar refractivity (Wildman–Crippen MR) is 54.6 cm³/mol. The van der Waals surface area contributed by atoms with Gasteiger partial charge in [-0.3, -0.25) is 4.79 Å². The van der Waals surface area contributed by atoms with E-state index in [4.69, 9.17) is 0 Å². The van der Waals surface area contributed by atoms with Crippen LogP contribution in [-0.4, -0.2) is 36.7 Å². The zero-order chi connectivity index (χ0) is 10.7. The highest BCUT2D eigenvalue weighted by Crippen LogP contribution is 2.13. The fourth-order valence-electron chi connectivity index (χ4n) is 1.06. The Morgan fingerprint density at radius 3 is 3.13 bits per heavy atom. The molecule has 0 atom stereocenters. The standard InChI is InChI=1S/C8H9N5OS/c1-13-8(10-11-12-13)15-5-7(14)6-3-2-4-9-6/h2-4,9H,5H2,1H3. The van der Waals surface area contributed by atoms with E-state index in [9.17, 15) is 4.79 Å². The van der Waals surface area contributed by atoms with Gasteiger partial charge in [0.15, 0.2) is 5.78 Å². The highest BCUT2D eigenvalue weighted by atomic mass is 32.2. The first kappa shape index (κ1) is 9.91. The summed E-state index contributed by atoms with van der Waals surface area (Å²) in [6.07, 6.45) is 1.72. The van der Waals surface area contributed by atoms with Crippen LogP contribution >= 0.6 is 11.8 Å². The van der Waals surface area contributed by atoms with Gasteiger partial charge in [0, 0.05) is 13.2 Å². The molecule has 0 aromatic carbocycles. The van der Waals surface area contributed by atoms with Crippen LogP contribution in [0.1, 0.15) is 10.5 Å². The summed E-state index contributed by atoms with van der Waals surface area (Å²) < 4.78 is 1.53. The van der Waals surface area contributed by atoms with Crippen LogP contribution in [0.4, 0.5) is 0 Å². The molecule has 2 heterocycles. The summed E-state index contributed by atoms with van der Waals surface area (Å²) in [6.45, 7) is 0. The minimum absolute atomic E-state index is 0.0352. The lowest BCUT2D eigenvalue weighted by Gasteiger charge is -1.97. The summed E-state index contributed by atoms with van der Waals surface area (Å²) in [5.74, 6) is 0.363. The maximum absolute atomic E-state index is 11.6. The highest BCUT2D eigenvalue weighted by molar-refractivity contribution is 7.99. The number of nitrogens with zero attached hydrogens (tertiary/aromatic N) is 4. The Hall–Kier alpha value is -1.63. The number of aromatic nitrogens is 5. The largest absolute Gasteiger partial charge is 0.359 e. The minimum atomic E-state index is 0.0352. The maximum Gasteiger partial charge on any atom is 0.209 e. The van der Waals surface area contributed by atoms with Crippen molar-refractivity contribution in [1.29, 1.82) is 0 Å². The van der Waals surface area contributed by atoms with Crippen LogP contribution < -0.4 is 0 Å². The number of H-pyrrole nitrogens is 1. The Labute approximate surface area is 90.1 Å². The lowest BCUT2D eigenvalue weighted by Crippen LogP contribution is -2.04. The Morgan fingerprint density at radius 2 is 2.53 bits per heavy atom. The van der Waals surface area contributed by atoms with Crippen LogP contribution in [0, 0.1) is 0 Å². The van der Waals surface area contributed by atoms with Crippen LogP contribution in [0.5, 0.6) is 0 Å². The lowest BCUT2D eigenvalue weighted by atomic mass is 10.3. The van der Waals surface area contributed by atoms with Gasteiger partial charge in [-0.05, 0) is 22.6 Å². The molecule has 0 amide bonds. The molecule has 0 radical (unpaired) electrons. The van der Waals surface area contributed by atoms with Crippen LogP contribution in [0.2, 0.25) is 0 Å². The third-order valence-electron chi connectivity index (χ3n) is 1.81. The van der Waals surface area contributed by atoms with Crippen molar-refractivity contribution in [2.24, 2.45) is 7.05 Å². The third-order valence-corrected chi connectivity index (χ3v) is 2.82. The number of Topliss-reactive ketones (excluding diaryl/α,β-unsaturated/α-hetero) is 1. The van der Waals surface area contributed by atoms with E-state index >= 15 is 0 Å². The van der Waals surface area contributed by atoms with E-state index in [1.165, 1.54) is 16.4 Å². The van der Waals surface area contributed by atoms with Gasteiger partial charge in [0.05, 0.1) is 11.4 Å². The second-order valence-corrected chi connectivity index (χ2v) is 3.82. The van der Waals surface area contributed by atoms with Gasteiger partial charge in [-0.15, -0.1) is 5.10 Å². The molecular weight excluding hydrogens is 214 g/mol. The molecule has 2 rings (SSSR count). The zero-order valence-corrected chi connectivity index (χ0v) is 8.86. The van der Waals surface area contributed by atoms with Gasteiger partial charge < -0.3 is 4.98 Å². The van der Waals surface area contributed by atoms with Gasteiger partial charge in [0.25, 0.3) is 0 Å². The molecule has 0 aliphatic heterocycles. The second kappa shape index (κ2) is 4.26. The molecule has 0 aliphatic carbocycles. The molecule has 0 unspecified atom stereocenters. The number of aryl methyl sites for hydroxylation is 1. The highest BCUT2D eigenvalue weighted by Gasteiger charge is 2.09. The lowest BCUT2D eigenvalue weighted by molar-refractivity contribution is 0.101. The molecular formula is C8H9N5OS. The Balaban J connectivity index is 1.95. The van der Waals surface area contributed by atoms with Gasteiger partial charge in [-0.2, -0.15) is 0 Å². The molecule has 6 nitrogen and oxygen atoms in total. The van der Waals surface area contributed by atoms with Crippen molar-refractivity contribution < 1.29 is 4.79 Å². The molecule has 0 aliphatic rings. The number of nitrogens with one attached hydrogen (secondary N) is 1. The number of rotatable bonds is 4. The Bertz CT molecular complexity index is 449. The van der Waals surface area contributed by atoms with Crippen molar-refractivity contribution in [2.45, 2.75) is 5.16 Å². The number of ketones is 1. The van der Waals surface area contributed by atoms with E-state index in [-0.39, 0.29) is 5.78 Å². The predicted octanol–water partition coefficient (Wildman–Crippen LogP) is 0.513. The Morgan fingerprint density at radius 1 is 1.67 bits per heavy atom. The Kier molecular flexibility index (Phi) is 2.82. The molecule has 15 heavy (non-hydrogen) atoms. The number of hydrogen-bond donors (Lipinski definition) is 1. The van der Waals surface area contributed by atoms with E-state index < -0.39 is 0 Å². The molecule has 0 saturated carbocycles. The smallest absolute Gasteiger partial charge is 0.209 e. The number of carbonyl (C=O) groups excluding carboxylic acids is 1. The summed E-state index contributed by atoms with van der Waals surface area (Å²) in [5, 5.41) is 11.6. The van der Waals surface area contributed by atoms with Crippen molar-refractivity contribution in [2.75, 3.05) is 5.75 Å². The summed E-state index contributed by atoms with van der Waals surface area (Å²) in [7, 11) is 1.74. The van der Waals surface area contributed by atoms with Crippen molar-refractivity contribution in [3.63, 3.8) is 0 Å². The second-order valence-electron chi connectivity index (χ2n) is 2.88. The zero-order valence-electron chi connectivity index (χ0n) is 8.04. The molecule has 0 spiro atoms. The van der Waals surface area contributed by atoms with Crippen molar-refractivity contribution >= 4 is 17.5 Å². The summed E-state index contributed by atoms with van der Waals surface area (Å²) in [6, 6.07) is 3.54. The minimum Gasteiger partial charge on any atom is -0.359 e. The molecule has 2 aromatic heterocycles. The first-order valence-electron chi connectivity index (χ1n) is 4.29. The van der Waals surface area contributed by atoms with Crippen molar-refractivity contribution in [3.8, 4) is 0 Å². The van der Waals surface area contributed by atoms with Crippen LogP contribution in [0.3, 0.4) is 0 Å². The molecule has 7 heteroatoms. The van der Waals surface area contributed by atoms with Crippen molar-refractivity contribution in [3.05, 3.63) is 24.0 Å². The first-order valence-corrected chi connectivity index (χ1v) is 5.27. The molecule has 78 valence electrons. The molecule has 1 N–H and O–H groups in total. The average molecular weight is 223 g/mol. The number of tetrazole rings is 1. The van der Waals surface area contributed by atoms with E-state index in [0.29, 0.717) is 16.6 Å². The van der Waals surface area contributed by atoms with E-state index in [2.05, 4.69) is 20.5 Å². The van der Waals surface area contributed by atoms with Crippen LogP contribution in [0.25, 0.3) is 0 Å². The third kappa shape index (κ3) is 2.24. The van der Waals surface area contributed by atoms with Crippen LogP contribution in [-0.2, 0) is 7.05 Å². The SMILES string of the molecule is Cn1nnnc1SCC(=O)c1ccc[nH]1. The van der Waals surface area contributed by atoms with Gasteiger partial charge in [0.2, 0.25) is 5.16 Å².